The standard InChI is InChI=1S/C12H14ClN3O2/c1-14-5-2-6-16-11(17)9-4-3-8(13)7-10(9)15-12(16)18/h3-4,7,14H,2,5-6H2,1H3,(H,15,18). The average Bonchev–Trinajstić information content (AvgIpc) is 2.33. The van der Waals surface area contributed by atoms with Gasteiger partial charge in [0.1, 0.15) is 0 Å². The smallest absolute Gasteiger partial charge is 0.320 e. The van der Waals surface area contributed by atoms with Crippen LogP contribution in [0.4, 0.5) is 0 Å². The van der Waals surface area contributed by atoms with Crippen molar-refractivity contribution in [2.45, 2.75) is 13.0 Å². The Labute approximate surface area is 108 Å². The molecule has 96 valence electrons. The van der Waals surface area contributed by atoms with Gasteiger partial charge in [-0.05, 0) is 38.2 Å². The highest BCUT2D eigenvalue weighted by Gasteiger charge is 2.07. The maximum absolute atomic E-state index is 12.1. The zero-order valence-corrected chi connectivity index (χ0v) is 10.8. The van der Waals surface area contributed by atoms with Crippen LogP contribution in [0, 0.1) is 0 Å². The number of benzene rings is 1. The van der Waals surface area contributed by atoms with Crippen molar-refractivity contribution in [2.24, 2.45) is 0 Å². The van der Waals surface area contributed by atoms with Gasteiger partial charge in [0.25, 0.3) is 5.56 Å². The molecular weight excluding hydrogens is 254 g/mol. The third-order valence-electron chi connectivity index (χ3n) is 2.75. The maximum atomic E-state index is 12.1. The van der Waals surface area contributed by atoms with Crippen molar-refractivity contribution in [1.29, 1.82) is 0 Å². The summed E-state index contributed by atoms with van der Waals surface area (Å²) >= 11 is 5.83. The van der Waals surface area contributed by atoms with Crippen LogP contribution in [0.5, 0.6) is 0 Å². The van der Waals surface area contributed by atoms with Crippen LogP contribution in [0.3, 0.4) is 0 Å². The number of nitrogens with zero attached hydrogens (tertiary/aromatic N) is 1. The number of aromatic amines is 1. The average molecular weight is 268 g/mol. The van der Waals surface area contributed by atoms with E-state index in [0.29, 0.717) is 22.5 Å². The third-order valence-corrected chi connectivity index (χ3v) is 2.99. The second-order valence-corrected chi connectivity index (χ2v) is 4.47. The Balaban J connectivity index is 2.52. The molecule has 2 rings (SSSR count). The van der Waals surface area contributed by atoms with Crippen molar-refractivity contribution < 1.29 is 0 Å². The number of nitrogens with one attached hydrogen (secondary N) is 2. The highest BCUT2D eigenvalue weighted by atomic mass is 35.5. The van der Waals surface area contributed by atoms with Crippen molar-refractivity contribution in [3.8, 4) is 0 Å². The van der Waals surface area contributed by atoms with Crippen LogP contribution in [0.1, 0.15) is 6.42 Å². The van der Waals surface area contributed by atoms with E-state index in [1.165, 1.54) is 4.57 Å². The molecule has 5 nitrogen and oxygen atoms in total. The molecule has 0 radical (unpaired) electrons. The van der Waals surface area contributed by atoms with E-state index in [4.69, 9.17) is 11.6 Å². The SMILES string of the molecule is CNCCCn1c(=O)[nH]c2cc(Cl)ccc2c1=O. The monoisotopic (exact) mass is 267 g/mol. The molecule has 0 spiro atoms. The van der Waals surface area contributed by atoms with Gasteiger partial charge in [0.2, 0.25) is 0 Å². The van der Waals surface area contributed by atoms with Crippen LogP contribution in [0.25, 0.3) is 10.9 Å². The van der Waals surface area contributed by atoms with E-state index in [0.717, 1.165) is 13.0 Å². The van der Waals surface area contributed by atoms with Crippen molar-refractivity contribution in [3.63, 3.8) is 0 Å². The Kier molecular flexibility index (Phi) is 3.84. The summed E-state index contributed by atoms with van der Waals surface area (Å²) in [4.78, 5) is 26.6. The Morgan fingerprint density at radius 2 is 2.17 bits per heavy atom. The summed E-state index contributed by atoms with van der Waals surface area (Å²) in [6, 6.07) is 4.85. The second-order valence-electron chi connectivity index (χ2n) is 4.03. The number of rotatable bonds is 4. The van der Waals surface area contributed by atoms with Crippen molar-refractivity contribution in [3.05, 3.63) is 44.1 Å². The first-order chi connectivity index (χ1) is 8.63. The van der Waals surface area contributed by atoms with E-state index < -0.39 is 5.69 Å². The van der Waals surface area contributed by atoms with E-state index in [1.807, 2.05) is 7.05 Å². The first-order valence-corrected chi connectivity index (χ1v) is 6.08. The molecule has 0 aliphatic carbocycles. The lowest BCUT2D eigenvalue weighted by Crippen LogP contribution is -2.35. The third kappa shape index (κ3) is 2.47. The molecule has 6 heteroatoms. The van der Waals surface area contributed by atoms with Gasteiger partial charge in [-0.25, -0.2) is 4.79 Å². The fourth-order valence-electron chi connectivity index (χ4n) is 1.84. The van der Waals surface area contributed by atoms with Crippen LogP contribution in [-0.2, 0) is 6.54 Å². The minimum Gasteiger partial charge on any atom is -0.320 e. The van der Waals surface area contributed by atoms with Gasteiger partial charge in [-0.1, -0.05) is 11.6 Å². The molecule has 1 aromatic carbocycles. The predicted molar refractivity (Wildman–Crippen MR) is 72.4 cm³/mol. The maximum Gasteiger partial charge on any atom is 0.328 e. The van der Waals surface area contributed by atoms with E-state index in [1.54, 1.807) is 18.2 Å². The number of hydrogen-bond donors (Lipinski definition) is 2. The fourth-order valence-corrected chi connectivity index (χ4v) is 2.02. The van der Waals surface area contributed by atoms with Crippen molar-refractivity contribution >= 4 is 22.5 Å². The lowest BCUT2D eigenvalue weighted by atomic mass is 10.2. The van der Waals surface area contributed by atoms with E-state index in [9.17, 15) is 9.59 Å². The van der Waals surface area contributed by atoms with Gasteiger partial charge in [-0.15, -0.1) is 0 Å². The summed E-state index contributed by atoms with van der Waals surface area (Å²) in [7, 11) is 1.83. The predicted octanol–water partition coefficient (Wildman–Crippen LogP) is 0.953. The molecule has 0 saturated heterocycles. The molecule has 0 saturated carbocycles. The topological polar surface area (TPSA) is 66.9 Å². The largest absolute Gasteiger partial charge is 0.328 e. The molecule has 2 aromatic rings. The van der Waals surface area contributed by atoms with E-state index in [-0.39, 0.29) is 5.56 Å². The highest BCUT2D eigenvalue weighted by Crippen LogP contribution is 2.13. The van der Waals surface area contributed by atoms with Gasteiger partial charge in [0.15, 0.2) is 0 Å². The summed E-state index contributed by atoms with van der Waals surface area (Å²) in [5, 5.41) is 3.94. The summed E-state index contributed by atoms with van der Waals surface area (Å²) in [5.74, 6) is 0. The van der Waals surface area contributed by atoms with Crippen molar-refractivity contribution in [2.75, 3.05) is 13.6 Å². The Morgan fingerprint density at radius 3 is 2.89 bits per heavy atom. The van der Waals surface area contributed by atoms with Gasteiger partial charge >= 0.3 is 5.69 Å². The minimum atomic E-state index is -0.397. The van der Waals surface area contributed by atoms with Crippen LogP contribution >= 0.6 is 11.6 Å². The lowest BCUT2D eigenvalue weighted by Gasteiger charge is -2.06. The number of halogens is 1. The first-order valence-electron chi connectivity index (χ1n) is 5.70. The summed E-state index contributed by atoms with van der Waals surface area (Å²) in [6.45, 7) is 1.15. The molecule has 0 fully saturated rings. The summed E-state index contributed by atoms with van der Waals surface area (Å²) in [5.41, 5.74) is -0.199. The van der Waals surface area contributed by atoms with Gasteiger partial charge in [-0.2, -0.15) is 0 Å². The Bertz CT molecular complexity index is 675. The Morgan fingerprint density at radius 1 is 1.39 bits per heavy atom. The number of hydrogen-bond acceptors (Lipinski definition) is 3. The lowest BCUT2D eigenvalue weighted by molar-refractivity contribution is 0.578. The van der Waals surface area contributed by atoms with Gasteiger partial charge < -0.3 is 10.3 Å². The fraction of sp³-hybridized carbons (Fsp3) is 0.333. The molecule has 18 heavy (non-hydrogen) atoms. The molecule has 1 aromatic heterocycles. The summed E-state index contributed by atoms with van der Waals surface area (Å²) in [6.07, 6.45) is 0.721. The molecular formula is C12H14ClN3O2. The van der Waals surface area contributed by atoms with E-state index in [2.05, 4.69) is 10.3 Å². The normalized spacial score (nSPS) is 11.0. The van der Waals surface area contributed by atoms with Crippen LogP contribution < -0.4 is 16.6 Å². The molecule has 1 heterocycles. The van der Waals surface area contributed by atoms with Gasteiger partial charge in [0.05, 0.1) is 10.9 Å². The molecule has 0 unspecified atom stereocenters. The highest BCUT2D eigenvalue weighted by molar-refractivity contribution is 6.31. The number of aromatic nitrogens is 2. The molecule has 2 N–H and O–H groups in total. The molecule has 0 aliphatic rings. The first kappa shape index (κ1) is 12.9. The molecule has 0 aliphatic heterocycles. The van der Waals surface area contributed by atoms with Gasteiger partial charge in [0, 0.05) is 11.6 Å². The van der Waals surface area contributed by atoms with E-state index >= 15 is 0 Å². The molecule has 0 bridgehead atoms. The zero-order valence-electron chi connectivity index (χ0n) is 10.00. The summed E-state index contributed by atoms with van der Waals surface area (Å²) < 4.78 is 1.22. The number of fused-ring (bicyclic) bond motifs is 1. The second kappa shape index (κ2) is 5.37. The van der Waals surface area contributed by atoms with Crippen LogP contribution in [0.15, 0.2) is 27.8 Å². The van der Waals surface area contributed by atoms with Crippen LogP contribution in [-0.4, -0.2) is 23.1 Å². The zero-order chi connectivity index (χ0) is 13.1. The Hall–Kier alpha value is -1.59. The quantitative estimate of drug-likeness (QED) is 0.811. The van der Waals surface area contributed by atoms with Crippen LogP contribution in [0.2, 0.25) is 5.02 Å². The number of H-pyrrole nitrogens is 1. The van der Waals surface area contributed by atoms with Gasteiger partial charge in [-0.3, -0.25) is 9.36 Å². The minimum absolute atomic E-state index is 0.276. The molecule has 0 atom stereocenters. The molecule has 0 amide bonds. The van der Waals surface area contributed by atoms with Crippen molar-refractivity contribution in [1.82, 2.24) is 14.9 Å².